The lowest BCUT2D eigenvalue weighted by atomic mass is 10.1. The fraction of sp³-hybridized carbons (Fsp3) is 0.618. The van der Waals surface area contributed by atoms with Crippen LogP contribution in [0.3, 0.4) is 0 Å². The van der Waals surface area contributed by atoms with E-state index in [9.17, 15) is 58.0 Å². The molecule has 0 radical (unpaired) electrons. The first-order chi connectivity index (χ1) is 68.6. The predicted molar refractivity (Wildman–Crippen MR) is 580 cm³/mol. The molecule has 5 aromatic heterocycles. The van der Waals surface area contributed by atoms with Crippen LogP contribution in [-0.4, -0.2) is 184 Å². The Kier molecular flexibility index (Phi) is 54.7. The fourth-order valence-corrected chi connectivity index (χ4v) is 22.7. The van der Waals surface area contributed by atoms with Crippen molar-refractivity contribution in [3.05, 3.63) is 139 Å². The van der Waals surface area contributed by atoms with Crippen molar-refractivity contribution in [1.29, 1.82) is 0 Å². The van der Waals surface area contributed by atoms with Crippen molar-refractivity contribution in [2.45, 2.75) is 306 Å². The number of piperidine rings is 1. The lowest BCUT2D eigenvalue weighted by Crippen LogP contribution is -2.50. The zero-order valence-electron chi connectivity index (χ0n) is 87.0. The lowest BCUT2D eigenvalue weighted by Gasteiger charge is -2.35. The number of amides is 1. The average Bonchev–Trinajstić information content (AvgIpc) is 1.43. The van der Waals surface area contributed by atoms with Gasteiger partial charge in [-0.3, -0.25) is 29.3 Å². The van der Waals surface area contributed by atoms with Crippen molar-refractivity contribution in [3.63, 3.8) is 0 Å². The second kappa shape index (κ2) is 65.1. The van der Waals surface area contributed by atoms with Gasteiger partial charge < -0.3 is 81.8 Å². The Morgan fingerprint density at radius 2 is 0.930 bits per heavy atom. The molecule has 792 valence electrons. The predicted octanol–water partition coefficient (Wildman–Crippen LogP) is 24.8. The molecule has 0 aliphatic carbocycles. The van der Waals surface area contributed by atoms with Crippen LogP contribution in [0.4, 0.5) is 21.4 Å². The molecule has 9 aromatic rings. The van der Waals surface area contributed by atoms with E-state index in [1.807, 2.05) is 73.7 Å². The molecule has 0 bridgehead atoms. The molecular formula is C110H167N7O20S5. The first kappa shape index (κ1) is 119. The Morgan fingerprint density at radius 3 is 1.47 bits per heavy atom. The van der Waals surface area contributed by atoms with Gasteiger partial charge in [-0.25, -0.2) is 8.42 Å². The molecule has 1 aliphatic heterocycles. The maximum absolute atomic E-state index is 13.4. The van der Waals surface area contributed by atoms with E-state index in [0.29, 0.717) is 95.3 Å². The monoisotopic (exact) mass is 2070 g/mol. The van der Waals surface area contributed by atoms with Crippen molar-refractivity contribution in [1.82, 2.24) is 0 Å². The number of likely N-dealkylation sites (N-methyl/N-ethyl adjacent to an activating group) is 1. The summed E-state index contributed by atoms with van der Waals surface area (Å²) in [6.07, 6.45) is 45.2. The van der Waals surface area contributed by atoms with Gasteiger partial charge in [-0.15, -0.1) is 22.7 Å². The molecule has 1 aliphatic rings. The van der Waals surface area contributed by atoms with Crippen LogP contribution in [0.2, 0.25) is 0 Å². The molecule has 6 heterocycles. The molecule has 4 N–H and O–H groups in total. The molecule has 4 aromatic carbocycles. The lowest BCUT2D eigenvalue weighted by molar-refractivity contribution is -0.922. The number of unbranched alkanes of at least 4 members (excludes halogenated alkanes) is 28. The second-order valence-electron chi connectivity index (χ2n) is 39.3. The molecule has 0 spiro atoms. The van der Waals surface area contributed by atoms with Crippen LogP contribution in [-0.2, 0) is 40.2 Å². The number of fused-ring (bicyclic) bond motifs is 3. The summed E-state index contributed by atoms with van der Waals surface area (Å²) in [4.78, 5) is 61.2. The number of ether oxygens (including phenoxy) is 1. The van der Waals surface area contributed by atoms with Crippen LogP contribution in [0, 0.1) is 6.92 Å². The van der Waals surface area contributed by atoms with Crippen molar-refractivity contribution in [2.75, 3.05) is 157 Å². The molecule has 3 atom stereocenters. The first-order valence-electron chi connectivity index (χ1n) is 53.1. The normalized spacial score (nSPS) is 13.6. The molecule has 1 fully saturated rings. The van der Waals surface area contributed by atoms with E-state index >= 15 is 0 Å². The van der Waals surface area contributed by atoms with Gasteiger partial charge >= 0.3 is 0 Å². The third-order valence-electron chi connectivity index (χ3n) is 27.6. The summed E-state index contributed by atoms with van der Waals surface area (Å²) in [5, 5.41) is 65.9. The molecular weight excluding hydrogens is 1900 g/mol. The van der Waals surface area contributed by atoms with E-state index in [2.05, 4.69) is 108 Å². The third-order valence-corrected chi connectivity index (χ3v) is 31.9. The minimum Gasteiger partial charge on any atom is -0.748 e. The number of nitrogens with one attached hydrogen (secondary N) is 1. The van der Waals surface area contributed by atoms with Gasteiger partial charge in [-0.2, -0.15) is 8.67 Å². The summed E-state index contributed by atoms with van der Waals surface area (Å²) < 4.78 is 69.2. The Hall–Kier alpha value is -7.77. The minimum absolute atomic E-state index is 0.137. The largest absolute Gasteiger partial charge is 0.748 e. The Labute approximate surface area is 862 Å². The van der Waals surface area contributed by atoms with Crippen molar-refractivity contribution in [3.8, 4) is 55.6 Å². The molecule has 1 saturated heterocycles. The second-order valence-corrected chi connectivity index (χ2v) is 44.5. The topological polar surface area (TPSA) is 340 Å². The number of rotatable bonds is 70. The Balaban J connectivity index is 0.000000261. The van der Waals surface area contributed by atoms with Crippen LogP contribution >= 0.6 is 46.8 Å². The van der Waals surface area contributed by atoms with E-state index < -0.39 is 32.2 Å². The van der Waals surface area contributed by atoms with Crippen LogP contribution in [0.25, 0.3) is 65.5 Å². The third kappa shape index (κ3) is 40.5. The molecule has 10 rings (SSSR count). The standard InChI is InChI=1S/C38H60N2O7S2.C36H53N3O7S2.C36H54N2O6S/c1-6-9-10-11-12-13-14-15-16-17-25-40(5,26-18-19-29-49(43,44)45)27-20-28-46-32-22-21-31-35(41)36(42)38(47-37(31)30(32)4)33-23-24-34(48-33)39(7-2)8-3;1-3-4-5-6-7-8-9-10-11-15-23-39(2,24-16-25-47-46-45-43)27-32(40)37-28-17-18-29-30(26-28)44-36(35(42)34(29)41)31-19-20-33(48-31)38-21-13-12-14-22-38;1-5-8-9-10-11-12-13-14-15-16-24-38(4,25-17-26-45-44-43-41)28-29-18-23-33-32(27-29)34(39)35(40)36(42-33)30-19-21-31(22-20-30)37(6-2)7-3/h21-24H,6-20,25-29H2,1-5H3,(H-,42,43,44,45);17-20,26H,3-16,21-25,27H2,1-2H3,(H2-,37,40,42,43);18-23,27H,5-17,24-26,28H2,1-4H3,(H-,40,41). The van der Waals surface area contributed by atoms with Crippen LogP contribution in [0.5, 0.6) is 23.0 Å². The van der Waals surface area contributed by atoms with Gasteiger partial charge in [0, 0.05) is 134 Å². The van der Waals surface area contributed by atoms with Gasteiger partial charge in [0.15, 0.2) is 23.8 Å². The summed E-state index contributed by atoms with van der Waals surface area (Å²) in [5.74, 6) is 0.770. The number of benzene rings is 4. The summed E-state index contributed by atoms with van der Waals surface area (Å²) >= 11 is 4.98. The van der Waals surface area contributed by atoms with E-state index in [1.165, 1.54) is 196 Å². The zero-order chi connectivity index (χ0) is 103. The van der Waals surface area contributed by atoms with Gasteiger partial charge in [0.25, 0.3) is 5.91 Å². The number of anilines is 4. The van der Waals surface area contributed by atoms with Crippen LogP contribution in [0.1, 0.15) is 304 Å². The number of nitrogens with zero attached hydrogens (tertiary/aromatic N) is 6. The minimum atomic E-state index is -4.20. The Bertz CT molecular complexity index is 5450. The molecule has 3 unspecified atom stereocenters. The maximum Gasteiger partial charge on any atom is 0.279 e. The van der Waals surface area contributed by atoms with E-state index in [4.69, 9.17) is 18.0 Å². The van der Waals surface area contributed by atoms with Gasteiger partial charge in [0.1, 0.15) is 29.0 Å². The van der Waals surface area contributed by atoms with E-state index in [1.54, 1.807) is 30.3 Å². The fourth-order valence-electron chi connectivity index (χ4n) is 19.3. The van der Waals surface area contributed by atoms with Crippen molar-refractivity contribution >= 4 is 117 Å². The number of aryl methyl sites for hydroxylation is 1. The number of hydrogen-bond acceptors (Lipinski definition) is 27. The smallest absolute Gasteiger partial charge is 0.279 e. The summed E-state index contributed by atoms with van der Waals surface area (Å²) in [7, 11) is 2.37. The summed E-state index contributed by atoms with van der Waals surface area (Å²) in [6.45, 7) is 30.2. The molecule has 142 heavy (non-hydrogen) atoms. The SMILES string of the molecule is CCCCCCCCCCCC[N+](C)(CCCCS(=O)(=O)[O-])CCCOc1ccc2c(=O)c(O)c(-c3ccc(N(CC)CC)s3)oc2c1C.CCCCCCCCCCCC[N+](C)(CCCSOO[O-])CC(=O)Nc1ccc2c(=O)c(O)c(-c3ccc(N4CCCCC4)s3)oc2c1.CCCCCCCCCCCC[N+](C)(CCCSOO[O-])Cc1ccc2oc(-c3ccc(N(CC)CC)cc3)c(O)c(=O)c2c1. The van der Waals surface area contributed by atoms with Gasteiger partial charge in [-0.1, -0.05) is 175 Å². The maximum atomic E-state index is 13.4. The highest BCUT2D eigenvalue weighted by Gasteiger charge is 2.30. The molecule has 32 heteroatoms. The molecule has 1 amide bonds. The van der Waals surface area contributed by atoms with E-state index in [-0.39, 0.29) is 52.4 Å². The highest BCUT2D eigenvalue weighted by Crippen LogP contribution is 2.43. The van der Waals surface area contributed by atoms with Crippen LogP contribution < -0.4 is 51.6 Å². The summed E-state index contributed by atoms with van der Waals surface area (Å²) in [5.41, 5.74) is 3.78. The number of carbonyl (C=O) groups is 1. The van der Waals surface area contributed by atoms with Crippen molar-refractivity contribution < 1.29 is 93.8 Å². The Morgan fingerprint density at radius 1 is 0.472 bits per heavy atom. The summed E-state index contributed by atoms with van der Waals surface area (Å²) in [6, 6.07) is 29.6. The number of thiophene rings is 2. The molecule has 27 nitrogen and oxygen atoms in total. The van der Waals surface area contributed by atoms with Gasteiger partial charge in [-0.05, 0) is 196 Å². The highest BCUT2D eigenvalue weighted by atomic mass is 32.2. The van der Waals surface area contributed by atoms with E-state index in [0.717, 1.165) is 204 Å². The zero-order valence-corrected chi connectivity index (χ0v) is 91.1. The quantitative estimate of drug-likeness (QED) is 0.00687. The van der Waals surface area contributed by atoms with Gasteiger partial charge in [0.2, 0.25) is 33.5 Å². The first-order valence-corrected chi connectivity index (χ1v) is 58.1. The van der Waals surface area contributed by atoms with Crippen LogP contribution in [0.15, 0.2) is 125 Å². The number of hydrogen-bond donors (Lipinski definition) is 4. The molecule has 0 saturated carbocycles. The van der Waals surface area contributed by atoms with Gasteiger partial charge in [0.05, 0.1) is 120 Å². The average molecular weight is 2070 g/mol. The highest BCUT2D eigenvalue weighted by molar-refractivity contribution is 7.94. The number of aromatic hydroxyl groups is 3. The van der Waals surface area contributed by atoms with Crippen molar-refractivity contribution in [2.24, 2.45) is 0 Å². The number of quaternary nitrogens is 3. The number of carbonyl (C=O) groups excluding carboxylic acids is 1.